The molecule has 1 amide bonds. The Kier molecular flexibility index (Phi) is 7.09. The van der Waals surface area contributed by atoms with Crippen molar-refractivity contribution in [2.75, 3.05) is 17.2 Å². The van der Waals surface area contributed by atoms with Crippen molar-refractivity contribution < 1.29 is 13.9 Å². The highest BCUT2D eigenvalue weighted by Gasteiger charge is 2.09. The lowest BCUT2D eigenvalue weighted by Gasteiger charge is -2.11. The third-order valence-corrected chi connectivity index (χ3v) is 4.66. The molecule has 4 nitrogen and oxygen atoms in total. The highest BCUT2D eigenvalue weighted by atomic mass is 35.5. The van der Waals surface area contributed by atoms with Crippen LogP contribution in [-0.2, 0) is 17.8 Å². The van der Waals surface area contributed by atoms with E-state index in [1.165, 1.54) is 17.7 Å². The van der Waals surface area contributed by atoms with Crippen molar-refractivity contribution in [3.8, 4) is 5.75 Å². The number of benzene rings is 3. The van der Waals surface area contributed by atoms with E-state index >= 15 is 0 Å². The number of rotatable bonds is 8. The number of halogens is 2. The number of aryl methyl sites for hydroxylation is 1. The van der Waals surface area contributed by atoms with Gasteiger partial charge in [-0.05, 0) is 53.9 Å². The van der Waals surface area contributed by atoms with E-state index in [2.05, 4.69) is 29.7 Å². The smallest absolute Gasteiger partial charge is 0.262 e. The molecule has 0 spiro atoms. The first kappa shape index (κ1) is 20.7. The van der Waals surface area contributed by atoms with Crippen LogP contribution in [0.25, 0.3) is 0 Å². The average Bonchev–Trinajstić information content (AvgIpc) is 2.73. The molecule has 3 rings (SSSR count). The lowest BCUT2D eigenvalue weighted by Crippen LogP contribution is -2.20. The molecule has 0 bridgehead atoms. The highest BCUT2D eigenvalue weighted by molar-refractivity contribution is 6.32. The average molecular weight is 413 g/mol. The number of ether oxygens (including phenoxy) is 1. The Labute approximate surface area is 174 Å². The summed E-state index contributed by atoms with van der Waals surface area (Å²) >= 11 is 6.28. The first-order valence-corrected chi connectivity index (χ1v) is 9.71. The highest BCUT2D eigenvalue weighted by Crippen LogP contribution is 2.26. The van der Waals surface area contributed by atoms with E-state index < -0.39 is 11.7 Å². The van der Waals surface area contributed by atoms with Gasteiger partial charge in [-0.2, -0.15) is 0 Å². The lowest BCUT2D eigenvalue weighted by atomic mass is 10.1. The van der Waals surface area contributed by atoms with Crippen LogP contribution in [0, 0.1) is 5.82 Å². The fourth-order valence-electron chi connectivity index (χ4n) is 2.73. The Balaban J connectivity index is 1.52. The van der Waals surface area contributed by atoms with Crippen LogP contribution < -0.4 is 15.4 Å². The third kappa shape index (κ3) is 5.96. The quantitative estimate of drug-likeness (QED) is 0.501. The molecule has 0 heterocycles. The first-order chi connectivity index (χ1) is 14.0. The zero-order valence-electron chi connectivity index (χ0n) is 16.0. The molecule has 150 valence electrons. The van der Waals surface area contributed by atoms with Gasteiger partial charge in [-0.25, -0.2) is 4.39 Å². The van der Waals surface area contributed by atoms with Crippen LogP contribution in [0.4, 0.5) is 15.8 Å². The topological polar surface area (TPSA) is 50.4 Å². The fourth-order valence-corrected chi connectivity index (χ4v) is 2.98. The molecule has 3 aromatic carbocycles. The largest absolute Gasteiger partial charge is 0.482 e. The molecule has 0 saturated carbocycles. The van der Waals surface area contributed by atoms with Gasteiger partial charge >= 0.3 is 0 Å². The van der Waals surface area contributed by atoms with Crippen LogP contribution in [-0.4, -0.2) is 12.5 Å². The Morgan fingerprint density at radius 1 is 1.03 bits per heavy atom. The maximum Gasteiger partial charge on any atom is 0.262 e. The molecule has 2 N–H and O–H groups in total. The van der Waals surface area contributed by atoms with E-state index in [0.29, 0.717) is 17.3 Å². The molecular weight excluding hydrogens is 391 g/mol. The molecule has 0 unspecified atom stereocenters. The number of anilines is 2. The molecule has 0 saturated heterocycles. The summed E-state index contributed by atoms with van der Waals surface area (Å²) in [4.78, 5) is 12.0. The number of carbonyl (C=O) groups excluding carboxylic acids is 1. The second-order valence-corrected chi connectivity index (χ2v) is 6.89. The Bertz CT molecular complexity index is 977. The van der Waals surface area contributed by atoms with Crippen molar-refractivity contribution in [2.45, 2.75) is 19.9 Å². The van der Waals surface area contributed by atoms with E-state index in [9.17, 15) is 9.18 Å². The van der Waals surface area contributed by atoms with Gasteiger partial charge in [-0.1, -0.05) is 48.9 Å². The molecule has 0 aliphatic carbocycles. The van der Waals surface area contributed by atoms with Gasteiger partial charge in [0.25, 0.3) is 5.91 Å². The van der Waals surface area contributed by atoms with Crippen LogP contribution in [0.15, 0.2) is 66.7 Å². The van der Waals surface area contributed by atoms with E-state index in [1.807, 2.05) is 18.2 Å². The zero-order chi connectivity index (χ0) is 20.6. The molecule has 0 radical (unpaired) electrons. The number of nitrogens with one attached hydrogen (secondary N) is 2. The SMILES string of the molecule is CCc1ccc(NCc2ccc(OCC(=O)Nc3ccccc3F)c(Cl)c2)cc1. The summed E-state index contributed by atoms with van der Waals surface area (Å²) < 4.78 is 19.0. The van der Waals surface area contributed by atoms with Crippen molar-refractivity contribution in [1.29, 1.82) is 0 Å². The van der Waals surface area contributed by atoms with E-state index in [1.54, 1.807) is 24.3 Å². The normalized spacial score (nSPS) is 10.4. The van der Waals surface area contributed by atoms with Crippen molar-refractivity contribution in [3.63, 3.8) is 0 Å². The van der Waals surface area contributed by atoms with Gasteiger partial charge < -0.3 is 15.4 Å². The summed E-state index contributed by atoms with van der Waals surface area (Å²) in [5, 5.41) is 6.22. The van der Waals surface area contributed by atoms with Crippen LogP contribution in [0.2, 0.25) is 5.02 Å². The lowest BCUT2D eigenvalue weighted by molar-refractivity contribution is -0.118. The maximum atomic E-state index is 13.6. The summed E-state index contributed by atoms with van der Waals surface area (Å²) in [7, 11) is 0. The molecule has 0 aliphatic heterocycles. The van der Waals surface area contributed by atoms with Crippen LogP contribution >= 0.6 is 11.6 Å². The van der Waals surface area contributed by atoms with E-state index in [0.717, 1.165) is 17.7 Å². The van der Waals surface area contributed by atoms with Crippen LogP contribution in [0.3, 0.4) is 0 Å². The number of amides is 1. The third-order valence-electron chi connectivity index (χ3n) is 4.36. The molecule has 0 aromatic heterocycles. The van der Waals surface area contributed by atoms with Gasteiger partial charge in [0.05, 0.1) is 10.7 Å². The molecule has 0 aliphatic rings. The molecule has 29 heavy (non-hydrogen) atoms. The van der Waals surface area contributed by atoms with Gasteiger partial charge in [0, 0.05) is 12.2 Å². The number of para-hydroxylation sites is 1. The Morgan fingerprint density at radius 3 is 2.45 bits per heavy atom. The summed E-state index contributed by atoms with van der Waals surface area (Å²) in [6.07, 6.45) is 1.01. The van der Waals surface area contributed by atoms with Gasteiger partial charge in [0.1, 0.15) is 11.6 Å². The molecule has 0 atom stereocenters. The monoisotopic (exact) mass is 412 g/mol. The summed E-state index contributed by atoms with van der Waals surface area (Å²) in [6.45, 7) is 2.46. The molecule has 6 heteroatoms. The summed E-state index contributed by atoms with van der Waals surface area (Å²) in [5.74, 6) is -0.570. The standard InChI is InChI=1S/C23H22ClFN2O2/c1-2-16-7-10-18(11-8-16)26-14-17-9-12-22(19(24)13-17)29-15-23(28)27-21-6-4-3-5-20(21)25/h3-13,26H,2,14-15H2,1H3,(H,27,28). The van der Waals surface area contributed by atoms with Crippen LogP contribution in [0.1, 0.15) is 18.1 Å². The van der Waals surface area contributed by atoms with Crippen molar-refractivity contribution in [1.82, 2.24) is 0 Å². The van der Waals surface area contributed by atoms with Gasteiger partial charge in [-0.15, -0.1) is 0 Å². The predicted molar refractivity (Wildman–Crippen MR) is 115 cm³/mol. The minimum absolute atomic E-state index is 0.112. The zero-order valence-corrected chi connectivity index (χ0v) is 16.8. The van der Waals surface area contributed by atoms with Gasteiger partial charge in [0.15, 0.2) is 6.61 Å². The van der Waals surface area contributed by atoms with Crippen molar-refractivity contribution >= 4 is 28.9 Å². The number of carbonyl (C=O) groups is 1. The number of hydrogen-bond acceptors (Lipinski definition) is 3. The molecule has 0 fully saturated rings. The minimum Gasteiger partial charge on any atom is -0.482 e. The van der Waals surface area contributed by atoms with Crippen molar-refractivity contribution in [3.05, 3.63) is 88.7 Å². The second kappa shape index (κ2) is 9.94. The van der Waals surface area contributed by atoms with E-state index in [4.69, 9.17) is 16.3 Å². The number of hydrogen-bond donors (Lipinski definition) is 2. The Morgan fingerprint density at radius 2 is 1.76 bits per heavy atom. The van der Waals surface area contributed by atoms with Crippen molar-refractivity contribution in [2.24, 2.45) is 0 Å². The van der Waals surface area contributed by atoms with E-state index in [-0.39, 0.29) is 12.3 Å². The molecular formula is C23H22ClFN2O2. The molecule has 3 aromatic rings. The van der Waals surface area contributed by atoms with Gasteiger partial charge in [0.2, 0.25) is 0 Å². The maximum absolute atomic E-state index is 13.6. The van der Waals surface area contributed by atoms with Gasteiger partial charge in [-0.3, -0.25) is 4.79 Å². The summed E-state index contributed by atoms with van der Waals surface area (Å²) in [5.41, 5.74) is 3.42. The minimum atomic E-state index is -0.500. The Hall–Kier alpha value is -3.05. The fraction of sp³-hybridized carbons (Fsp3) is 0.174. The van der Waals surface area contributed by atoms with Crippen LogP contribution in [0.5, 0.6) is 5.75 Å². The predicted octanol–water partition coefficient (Wildman–Crippen LogP) is 5.67. The first-order valence-electron chi connectivity index (χ1n) is 9.33. The summed E-state index contributed by atoms with van der Waals surface area (Å²) in [6, 6.07) is 19.6. The second-order valence-electron chi connectivity index (χ2n) is 6.49.